The van der Waals surface area contributed by atoms with Gasteiger partial charge in [0.25, 0.3) is 0 Å². The number of para-hydroxylation sites is 1. The van der Waals surface area contributed by atoms with E-state index in [0.717, 1.165) is 12.1 Å². The molecule has 0 unspecified atom stereocenters. The van der Waals surface area contributed by atoms with Gasteiger partial charge in [-0.05, 0) is 30.7 Å². The Morgan fingerprint density at radius 3 is 2.76 bits per heavy atom. The molecule has 3 heteroatoms. The highest BCUT2D eigenvalue weighted by molar-refractivity contribution is 5.81. The molecule has 1 aromatic carbocycles. The van der Waals surface area contributed by atoms with E-state index in [-0.39, 0.29) is 0 Å². The first-order chi connectivity index (χ1) is 8.34. The predicted molar refractivity (Wildman–Crippen MR) is 67.8 cm³/mol. The molecule has 0 aliphatic heterocycles. The van der Waals surface area contributed by atoms with Gasteiger partial charge in [-0.3, -0.25) is 9.67 Å². The van der Waals surface area contributed by atoms with E-state index >= 15 is 0 Å². The fraction of sp³-hybridized carbons (Fsp3) is 0.143. The van der Waals surface area contributed by atoms with Gasteiger partial charge >= 0.3 is 0 Å². The minimum absolute atomic E-state index is 0.794. The molecule has 0 fully saturated rings. The Hall–Kier alpha value is -2.16. The monoisotopic (exact) mass is 223 g/mol. The summed E-state index contributed by atoms with van der Waals surface area (Å²) in [5.41, 5.74) is 3.46. The Kier molecular flexibility index (Phi) is 2.37. The van der Waals surface area contributed by atoms with Crippen LogP contribution in [-0.2, 0) is 6.54 Å². The average Bonchev–Trinajstić information content (AvgIpc) is 2.76. The van der Waals surface area contributed by atoms with Crippen molar-refractivity contribution in [1.29, 1.82) is 0 Å². The number of aryl methyl sites for hydroxylation is 1. The van der Waals surface area contributed by atoms with Crippen LogP contribution in [-0.4, -0.2) is 14.8 Å². The number of hydrogen-bond acceptors (Lipinski definition) is 2. The fourth-order valence-electron chi connectivity index (χ4n) is 2.02. The third-order valence-corrected chi connectivity index (χ3v) is 2.99. The minimum atomic E-state index is 0.794. The molecule has 0 saturated carbocycles. The summed E-state index contributed by atoms with van der Waals surface area (Å²) >= 11 is 0. The third kappa shape index (κ3) is 1.80. The topological polar surface area (TPSA) is 30.7 Å². The van der Waals surface area contributed by atoms with Gasteiger partial charge in [-0.2, -0.15) is 5.10 Å². The fourth-order valence-corrected chi connectivity index (χ4v) is 2.02. The number of nitrogens with zero attached hydrogens (tertiary/aromatic N) is 3. The first-order valence-electron chi connectivity index (χ1n) is 5.65. The summed E-state index contributed by atoms with van der Waals surface area (Å²) in [6, 6.07) is 12.3. The van der Waals surface area contributed by atoms with E-state index in [4.69, 9.17) is 0 Å². The highest BCUT2D eigenvalue weighted by Gasteiger charge is 2.03. The molecule has 0 spiro atoms. The van der Waals surface area contributed by atoms with Gasteiger partial charge in [-0.25, -0.2) is 0 Å². The van der Waals surface area contributed by atoms with Crippen molar-refractivity contribution in [1.82, 2.24) is 14.8 Å². The first kappa shape index (κ1) is 10.0. The van der Waals surface area contributed by atoms with Crippen LogP contribution in [0, 0.1) is 6.92 Å². The van der Waals surface area contributed by atoms with E-state index in [9.17, 15) is 0 Å². The summed E-state index contributed by atoms with van der Waals surface area (Å²) in [6.45, 7) is 2.86. The number of hydrogen-bond donors (Lipinski definition) is 0. The van der Waals surface area contributed by atoms with Crippen LogP contribution in [0.1, 0.15) is 11.3 Å². The van der Waals surface area contributed by atoms with Crippen molar-refractivity contribution in [2.75, 3.05) is 0 Å². The molecule has 0 saturated heterocycles. The Bertz CT molecular complexity index is 650. The van der Waals surface area contributed by atoms with Crippen molar-refractivity contribution in [3.8, 4) is 0 Å². The van der Waals surface area contributed by atoms with E-state index in [0.29, 0.717) is 0 Å². The van der Waals surface area contributed by atoms with E-state index in [1.54, 1.807) is 0 Å². The van der Waals surface area contributed by atoms with Crippen LogP contribution in [0.25, 0.3) is 10.9 Å². The molecule has 2 aromatic heterocycles. The van der Waals surface area contributed by atoms with Gasteiger partial charge in [-0.1, -0.05) is 18.2 Å². The van der Waals surface area contributed by atoms with Gasteiger partial charge in [0, 0.05) is 23.5 Å². The molecule has 0 N–H and O–H groups in total. The number of benzene rings is 1. The maximum absolute atomic E-state index is 4.36. The molecule has 3 nitrogen and oxygen atoms in total. The Morgan fingerprint density at radius 1 is 1.06 bits per heavy atom. The van der Waals surface area contributed by atoms with E-state index in [1.807, 2.05) is 41.3 Å². The average molecular weight is 223 g/mol. The van der Waals surface area contributed by atoms with Gasteiger partial charge < -0.3 is 0 Å². The molecule has 0 aliphatic carbocycles. The summed E-state index contributed by atoms with van der Waals surface area (Å²) in [4.78, 5) is 4.36. The van der Waals surface area contributed by atoms with Crippen LogP contribution >= 0.6 is 0 Å². The maximum atomic E-state index is 4.36. The zero-order valence-electron chi connectivity index (χ0n) is 9.67. The maximum Gasteiger partial charge on any atom is 0.0705 e. The Morgan fingerprint density at radius 2 is 1.94 bits per heavy atom. The lowest BCUT2D eigenvalue weighted by Gasteiger charge is -2.07. The van der Waals surface area contributed by atoms with E-state index in [1.165, 1.54) is 16.6 Å². The molecule has 0 aliphatic rings. The molecule has 2 heterocycles. The normalized spacial score (nSPS) is 10.9. The Labute approximate surface area is 99.7 Å². The SMILES string of the molecule is Cc1ccnn1Cc1ccnc2ccccc12. The summed E-state index contributed by atoms with van der Waals surface area (Å²) < 4.78 is 2.00. The number of aromatic nitrogens is 3. The van der Waals surface area contributed by atoms with Crippen LogP contribution in [0.5, 0.6) is 0 Å². The third-order valence-electron chi connectivity index (χ3n) is 2.99. The van der Waals surface area contributed by atoms with Crippen LogP contribution in [0.2, 0.25) is 0 Å². The summed E-state index contributed by atoms with van der Waals surface area (Å²) in [5.74, 6) is 0. The lowest BCUT2D eigenvalue weighted by atomic mass is 10.1. The van der Waals surface area contributed by atoms with Crippen molar-refractivity contribution in [3.63, 3.8) is 0 Å². The number of pyridine rings is 1. The quantitative estimate of drug-likeness (QED) is 0.668. The van der Waals surface area contributed by atoms with Crippen molar-refractivity contribution in [3.05, 3.63) is 60.0 Å². The highest BCUT2D eigenvalue weighted by atomic mass is 15.3. The number of rotatable bonds is 2. The predicted octanol–water partition coefficient (Wildman–Crippen LogP) is 2.79. The van der Waals surface area contributed by atoms with E-state index in [2.05, 4.69) is 29.1 Å². The molecule has 0 amide bonds. The smallest absolute Gasteiger partial charge is 0.0705 e. The minimum Gasteiger partial charge on any atom is -0.265 e. The summed E-state index contributed by atoms with van der Waals surface area (Å²) in [5, 5.41) is 5.51. The van der Waals surface area contributed by atoms with Gasteiger partial charge in [0.1, 0.15) is 0 Å². The highest BCUT2D eigenvalue weighted by Crippen LogP contribution is 2.17. The largest absolute Gasteiger partial charge is 0.265 e. The second kappa shape index (κ2) is 4.01. The Balaban J connectivity index is 2.09. The molecule has 0 radical (unpaired) electrons. The molecule has 3 aromatic rings. The van der Waals surface area contributed by atoms with Crippen LogP contribution in [0.15, 0.2) is 48.8 Å². The molecule has 0 atom stereocenters. The van der Waals surface area contributed by atoms with E-state index < -0.39 is 0 Å². The van der Waals surface area contributed by atoms with Gasteiger partial charge in [-0.15, -0.1) is 0 Å². The molecule has 3 rings (SSSR count). The lowest BCUT2D eigenvalue weighted by molar-refractivity contribution is 0.668. The van der Waals surface area contributed by atoms with Crippen molar-refractivity contribution >= 4 is 10.9 Å². The van der Waals surface area contributed by atoms with Crippen molar-refractivity contribution in [2.45, 2.75) is 13.5 Å². The number of fused-ring (bicyclic) bond motifs is 1. The molecule has 0 bridgehead atoms. The van der Waals surface area contributed by atoms with Crippen LogP contribution in [0.3, 0.4) is 0 Å². The van der Waals surface area contributed by atoms with Gasteiger partial charge in [0.15, 0.2) is 0 Å². The second-order valence-electron chi connectivity index (χ2n) is 4.12. The summed E-state index contributed by atoms with van der Waals surface area (Å²) in [6.07, 6.45) is 3.69. The molecular weight excluding hydrogens is 210 g/mol. The molecule has 17 heavy (non-hydrogen) atoms. The van der Waals surface area contributed by atoms with Gasteiger partial charge in [0.2, 0.25) is 0 Å². The van der Waals surface area contributed by atoms with Crippen LogP contribution < -0.4 is 0 Å². The first-order valence-corrected chi connectivity index (χ1v) is 5.65. The van der Waals surface area contributed by atoms with Crippen molar-refractivity contribution < 1.29 is 0 Å². The zero-order valence-corrected chi connectivity index (χ0v) is 9.67. The second-order valence-corrected chi connectivity index (χ2v) is 4.12. The lowest BCUT2D eigenvalue weighted by Crippen LogP contribution is -2.04. The summed E-state index contributed by atoms with van der Waals surface area (Å²) in [7, 11) is 0. The molecular formula is C14H13N3. The molecule has 84 valence electrons. The standard InChI is InChI=1S/C14H13N3/c1-11-6-9-16-17(11)10-12-7-8-15-14-5-3-2-4-13(12)14/h2-9H,10H2,1H3. The zero-order chi connectivity index (χ0) is 11.7. The van der Waals surface area contributed by atoms with Crippen molar-refractivity contribution in [2.24, 2.45) is 0 Å². The van der Waals surface area contributed by atoms with Crippen LogP contribution in [0.4, 0.5) is 0 Å². The van der Waals surface area contributed by atoms with Gasteiger partial charge in [0.05, 0.1) is 12.1 Å².